The molecule has 0 spiro atoms. The summed E-state index contributed by atoms with van der Waals surface area (Å²) in [4.78, 5) is 13.7. The summed E-state index contributed by atoms with van der Waals surface area (Å²) in [6, 6.07) is 14.2. The van der Waals surface area contributed by atoms with E-state index < -0.39 is 5.82 Å². The zero-order valence-corrected chi connectivity index (χ0v) is 14.5. The van der Waals surface area contributed by atoms with Crippen molar-refractivity contribution < 1.29 is 18.7 Å². The van der Waals surface area contributed by atoms with Crippen molar-refractivity contribution >= 4 is 5.91 Å². The molecule has 2 aromatic rings. The minimum Gasteiger partial charge on any atom is -0.494 e. The summed E-state index contributed by atoms with van der Waals surface area (Å²) in [5, 5.41) is 2.80. The van der Waals surface area contributed by atoms with E-state index in [1.165, 1.54) is 13.2 Å². The summed E-state index contributed by atoms with van der Waals surface area (Å²) in [6.07, 6.45) is 0. The molecule has 6 heteroatoms. The van der Waals surface area contributed by atoms with Crippen molar-refractivity contribution in [1.82, 2.24) is 10.2 Å². The highest BCUT2D eigenvalue weighted by Gasteiger charge is 2.09. The van der Waals surface area contributed by atoms with E-state index in [9.17, 15) is 9.18 Å². The van der Waals surface area contributed by atoms with E-state index in [-0.39, 0.29) is 18.2 Å². The Morgan fingerprint density at radius 2 is 1.96 bits per heavy atom. The largest absolute Gasteiger partial charge is 0.494 e. The summed E-state index contributed by atoms with van der Waals surface area (Å²) < 4.78 is 24.1. The third kappa shape index (κ3) is 6.43. The van der Waals surface area contributed by atoms with E-state index in [0.717, 1.165) is 11.3 Å². The number of rotatable bonds is 9. The van der Waals surface area contributed by atoms with Gasteiger partial charge in [0.25, 0.3) is 0 Å². The van der Waals surface area contributed by atoms with Crippen LogP contribution in [0.5, 0.6) is 11.5 Å². The second kappa shape index (κ2) is 9.64. The van der Waals surface area contributed by atoms with Gasteiger partial charge >= 0.3 is 0 Å². The third-order valence-corrected chi connectivity index (χ3v) is 3.52. The molecule has 0 saturated carbocycles. The number of benzene rings is 2. The number of nitrogens with one attached hydrogen (secondary N) is 1. The molecule has 0 aliphatic rings. The minimum absolute atomic E-state index is 0.104. The van der Waals surface area contributed by atoms with E-state index >= 15 is 0 Å². The predicted molar refractivity (Wildman–Crippen MR) is 94.2 cm³/mol. The second-order valence-corrected chi connectivity index (χ2v) is 5.65. The van der Waals surface area contributed by atoms with Crippen LogP contribution in [-0.4, -0.2) is 44.7 Å². The number of amides is 1. The quantitative estimate of drug-likeness (QED) is 0.709. The lowest BCUT2D eigenvalue weighted by Gasteiger charge is -2.17. The molecule has 1 amide bonds. The van der Waals surface area contributed by atoms with Crippen LogP contribution in [0.4, 0.5) is 4.39 Å². The Labute approximate surface area is 147 Å². The number of nitrogens with zero attached hydrogens (tertiary/aromatic N) is 1. The SMILES string of the molecule is COc1ccc(CN(C)CC(=O)NCCOc2ccccc2)cc1F. The first-order chi connectivity index (χ1) is 12.1. The van der Waals surface area contributed by atoms with Crippen molar-refractivity contribution in [3.63, 3.8) is 0 Å². The molecule has 0 atom stereocenters. The molecule has 0 aromatic heterocycles. The van der Waals surface area contributed by atoms with Gasteiger partial charge in [-0.05, 0) is 36.9 Å². The van der Waals surface area contributed by atoms with Crippen molar-refractivity contribution in [1.29, 1.82) is 0 Å². The predicted octanol–water partition coefficient (Wildman–Crippen LogP) is 2.46. The highest BCUT2D eigenvalue weighted by molar-refractivity contribution is 5.77. The Kier molecular flexibility index (Phi) is 7.22. The summed E-state index contributed by atoms with van der Waals surface area (Å²) >= 11 is 0. The minimum atomic E-state index is -0.407. The highest BCUT2D eigenvalue weighted by atomic mass is 19.1. The molecule has 5 nitrogen and oxygen atoms in total. The lowest BCUT2D eigenvalue weighted by atomic mass is 10.2. The zero-order chi connectivity index (χ0) is 18.1. The maximum absolute atomic E-state index is 13.7. The maximum atomic E-state index is 13.7. The summed E-state index contributed by atoms with van der Waals surface area (Å²) in [6.45, 7) is 1.52. The van der Waals surface area contributed by atoms with Gasteiger partial charge in [-0.1, -0.05) is 24.3 Å². The molecule has 0 fully saturated rings. The fourth-order valence-electron chi connectivity index (χ4n) is 2.35. The van der Waals surface area contributed by atoms with E-state index in [2.05, 4.69) is 5.32 Å². The van der Waals surface area contributed by atoms with Crippen LogP contribution in [-0.2, 0) is 11.3 Å². The molecule has 2 rings (SSSR count). The molecule has 0 bridgehead atoms. The van der Waals surface area contributed by atoms with Crippen LogP contribution in [0.3, 0.4) is 0 Å². The third-order valence-electron chi connectivity index (χ3n) is 3.52. The fourth-order valence-corrected chi connectivity index (χ4v) is 2.35. The number of carbonyl (C=O) groups excluding carboxylic acids is 1. The normalized spacial score (nSPS) is 10.6. The van der Waals surface area contributed by atoms with Crippen molar-refractivity contribution in [3.8, 4) is 11.5 Å². The van der Waals surface area contributed by atoms with Crippen LogP contribution < -0.4 is 14.8 Å². The molecular weight excluding hydrogens is 323 g/mol. The maximum Gasteiger partial charge on any atom is 0.234 e. The molecule has 0 radical (unpaired) electrons. The number of likely N-dealkylation sites (N-methyl/N-ethyl adjacent to an activating group) is 1. The summed E-state index contributed by atoms with van der Waals surface area (Å²) in [5.74, 6) is 0.474. The summed E-state index contributed by atoms with van der Waals surface area (Å²) in [5.41, 5.74) is 0.779. The van der Waals surface area contributed by atoms with Crippen LogP contribution in [0.15, 0.2) is 48.5 Å². The molecule has 0 saturated heterocycles. The van der Waals surface area contributed by atoms with Crippen molar-refractivity contribution in [2.45, 2.75) is 6.54 Å². The van der Waals surface area contributed by atoms with Gasteiger partial charge in [-0.15, -0.1) is 0 Å². The number of hydrogen-bond acceptors (Lipinski definition) is 4. The number of halogens is 1. The molecule has 0 unspecified atom stereocenters. The smallest absolute Gasteiger partial charge is 0.234 e. The Morgan fingerprint density at radius 3 is 2.64 bits per heavy atom. The monoisotopic (exact) mass is 346 g/mol. The molecule has 25 heavy (non-hydrogen) atoms. The molecule has 0 aliphatic heterocycles. The van der Waals surface area contributed by atoms with E-state index in [1.54, 1.807) is 12.1 Å². The molecule has 2 aromatic carbocycles. The van der Waals surface area contributed by atoms with Crippen LogP contribution in [0, 0.1) is 5.82 Å². The van der Waals surface area contributed by atoms with Crippen molar-refractivity contribution in [2.75, 3.05) is 33.9 Å². The zero-order valence-electron chi connectivity index (χ0n) is 14.5. The van der Waals surface area contributed by atoms with Gasteiger partial charge in [0.15, 0.2) is 11.6 Å². The van der Waals surface area contributed by atoms with Gasteiger partial charge in [0.05, 0.1) is 20.2 Å². The average molecular weight is 346 g/mol. The van der Waals surface area contributed by atoms with Crippen LogP contribution >= 0.6 is 0 Å². The number of carbonyl (C=O) groups is 1. The Balaban J connectivity index is 1.68. The van der Waals surface area contributed by atoms with Gasteiger partial charge in [0.2, 0.25) is 5.91 Å². The topological polar surface area (TPSA) is 50.8 Å². The van der Waals surface area contributed by atoms with Gasteiger partial charge in [0.1, 0.15) is 12.4 Å². The Hall–Kier alpha value is -2.60. The standard InChI is InChI=1S/C19H23FN2O3/c1-22(13-15-8-9-18(24-2)17(20)12-15)14-19(23)21-10-11-25-16-6-4-3-5-7-16/h3-9,12H,10-11,13-14H2,1-2H3,(H,21,23). The second-order valence-electron chi connectivity index (χ2n) is 5.65. The van der Waals surface area contributed by atoms with Gasteiger partial charge in [-0.25, -0.2) is 4.39 Å². The first-order valence-corrected chi connectivity index (χ1v) is 8.04. The van der Waals surface area contributed by atoms with Crippen molar-refractivity contribution in [3.05, 3.63) is 59.9 Å². The van der Waals surface area contributed by atoms with Gasteiger partial charge in [0, 0.05) is 6.54 Å². The lowest BCUT2D eigenvalue weighted by Crippen LogP contribution is -2.36. The number of ether oxygens (including phenoxy) is 2. The number of para-hydroxylation sites is 1. The fraction of sp³-hybridized carbons (Fsp3) is 0.316. The first kappa shape index (κ1) is 18.7. The van der Waals surface area contributed by atoms with Gasteiger partial charge < -0.3 is 14.8 Å². The highest BCUT2D eigenvalue weighted by Crippen LogP contribution is 2.18. The molecule has 0 heterocycles. The van der Waals surface area contributed by atoms with Crippen LogP contribution in [0.1, 0.15) is 5.56 Å². The Morgan fingerprint density at radius 1 is 1.20 bits per heavy atom. The van der Waals surface area contributed by atoms with E-state index in [4.69, 9.17) is 9.47 Å². The lowest BCUT2D eigenvalue weighted by molar-refractivity contribution is -0.122. The van der Waals surface area contributed by atoms with E-state index in [0.29, 0.717) is 19.7 Å². The Bertz CT molecular complexity index is 680. The van der Waals surface area contributed by atoms with E-state index in [1.807, 2.05) is 42.3 Å². The molecule has 1 N–H and O–H groups in total. The average Bonchev–Trinajstić information content (AvgIpc) is 2.60. The molecule has 134 valence electrons. The van der Waals surface area contributed by atoms with Gasteiger partial charge in [-0.3, -0.25) is 9.69 Å². The number of methoxy groups -OCH3 is 1. The van der Waals surface area contributed by atoms with Crippen molar-refractivity contribution in [2.24, 2.45) is 0 Å². The first-order valence-electron chi connectivity index (χ1n) is 8.04. The number of hydrogen-bond donors (Lipinski definition) is 1. The summed E-state index contributed by atoms with van der Waals surface area (Å²) in [7, 11) is 3.23. The molecular formula is C19H23FN2O3. The van der Waals surface area contributed by atoms with Crippen LogP contribution in [0.25, 0.3) is 0 Å². The van der Waals surface area contributed by atoms with Crippen LogP contribution in [0.2, 0.25) is 0 Å². The van der Waals surface area contributed by atoms with Gasteiger partial charge in [-0.2, -0.15) is 0 Å². The molecule has 0 aliphatic carbocycles.